The van der Waals surface area contributed by atoms with E-state index in [0.29, 0.717) is 0 Å². The summed E-state index contributed by atoms with van der Waals surface area (Å²) in [5.41, 5.74) is 5.09. The average Bonchev–Trinajstić information content (AvgIpc) is 2.71. The number of carbonyl (C=O) groups excluding carboxylic acids is 1. The van der Waals surface area contributed by atoms with Crippen molar-refractivity contribution in [1.82, 2.24) is 5.32 Å². The van der Waals surface area contributed by atoms with E-state index in [1.807, 2.05) is 11.4 Å². The molecule has 1 aromatic heterocycles. The topological polar surface area (TPSA) is 55.1 Å². The zero-order valence-corrected chi connectivity index (χ0v) is 9.48. The Kier molecular flexibility index (Phi) is 2.95. The maximum atomic E-state index is 11.1. The lowest BCUT2D eigenvalue weighted by Crippen LogP contribution is -2.48. The van der Waals surface area contributed by atoms with E-state index in [9.17, 15) is 4.79 Å². The second-order valence-corrected chi connectivity index (χ2v) is 5.06. The van der Waals surface area contributed by atoms with Gasteiger partial charge in [0.25, 0.3) is 0 Å². The molecule has 1 aliphatic rings. The second-order valence-electron chi connectivity index (χ2n) is 4.11. The SMILES string of the molecule is NC(=O)NC1(c2cccs2)CCCCC1. The van der Waals surface area contributed by atoms with Crippen LogP contribution in [0.15, 0.2) is 17.5 Å². The van der Waals surface area contributed by atoms with Crippen molar-refractivity contribution in [3.05, 3.63) is 22.4 Å². The van der Waals surface area contributed by atoms with Gasteiger partial charge in [-0.25, -0.2) is 4.79 Å². The Morgan fingerprint density at radius 3 is 2.67 bits per heavy atom. The molecule has 0 unspecified atom stereocenters. The fourth-order valence-corrected chi connectivity index (χ4v) is 3.32. The predicted octanol–water partition coefficient (Wildman–Crippen LogP) is 2.58. The first-order valence-corrected chi connectivity index (χ1v) is 6.22. The minimum Gasteiger partial charge on any atom is -0.352 e. The first-order chi connectivity index (χ1) is 7.23. The maximum Gasteiger partial charge on any atom is 0.312 e. The molecule has 2 amide bonds. The summed E-state index contributed by atoms with van der Waals surface area (Å²) < 4.78 is 0. The smallest absolute Gasteiger partial charge is 0.312 e. The molecule has 1 saturated carbocycles. The van der Waals surface area contributed by atoms with Gasteiger partial charge in [-0.15, -0.1) is 11.3 Å². The van der Waals surface area contributed by atoms with E-state index >= 15 is 0 Å². The summed E-state index contributed by atoms with van der Waals surface area (Å²) in [5, 5.41) is 5.00. The number of nitrogens with two attached hydrogens (primary N) is 1. The van der Waals surface area contributed by atoms with Gasteiger partial charge in [-0.1, -0.05) is 25.3 Å². The Morgan fingerprint density at radius 2 is 2.13 bits per heavy atom. The third-order valence-corrected chi connectivity index (χ3v) is 4.14. The Hall–Kier alpha value is -1.03. The first kappa shape index (κ1) is 10.5. The molecule has 3 nitrogen and oxygen atoms in total. The summed E-state index contributed by atoms with van der Waals surface area (Å²) in [6, 6.07) is 3.70. The van der Waals surface area contributed by atoms with Gasteiger partial charge in [0, 0.05) is 4.88 Å². The van der Waals surface area contributed by atoms with Crippen LogP contribution in [0.25, 0.3) is 0 Å². The molecule has 1 aromatic rings. The minimum absolute atomic E-state index is 0.182. The van der Waals surface area contributed by atoms with Crippen LogP contribution in [-0.4, -0.2) is 6.03 Å². The molecule has 2 rings (SSSR count). The highest BCUT2D eigenvalue weighted by Gasteiger charge is 2.35. The molecule has 1 aliphatic carbocycles. The Balaban J connectivity index is 2.25. The lowest BCUT2D eigenvalue weighted by molar-refractivity contribution is 0.212. The highest BCUT2D eigenvalue weighted by Crippen LogP contribution is 2.39. The van der Waals surface area contributed by atoms with Crippen LogP contribution in [0.3, 0.4) is 0 Å². The van der Waals surface area contributed by atoms with Gasteiger partial charge in [-0.05, 0) is 24.3 Å². The van der Waals surface area contributed by atoms with Crippen molar-refractivity contribution in [3.63, 3.8) is 0 Å². The van der Waals surface area contributed by atoms with Crippen molar-refractivity contribution in [2.75, 3.05) is 0 Å². The standard InChI is InChI=1S/C11H16N2OS/c12-10(14)13-11(6-2-1-3-7-11)9-5-4-8-15-9/h4-5,8H,1-3,6-7H2,(H3,12,13,14). The third-order valence-electron chi connectivity index (χ3n) is 3.06. The second kappa shape index (κ2) is 4.23. The van der Waals surface area contributed by atoms with Crippen LogP contribution in [0.4, 0.5) is 4.79 Å². The number of nitrogens with one attached hydrogen (secondary N) is 1. The van der Waals surface area contributed by atoms with E-state index in [1.165, 1.54) is 11.3 Å². The van der Waals surface area contributed by atoms with Gasteiger partial charge < -0.3 is 11.1 Å². The maximum absolute atomic E-state index is 11.1. The van der Waals surface area contributed by atoms with Crippen molar-refractivity contribution in [2.45, 2.75) is 37.6 Å². The molecule has 1 heterocycles. The molecule has 82 valence electrons. The molecule has 3 N–H and O–H groups in total. The molecule has 0 aromatic carbocycles. The normalized spacial score (nSPS) is 19.7. The molecular weight excluding hydrogens is 208 g/mol. The average molecular weight is 224 g/mol. The van der Waals surface area contributed by atoms with E-state index in [1.54, 1.807) is 11.3 Å². The van der Waals surface area contributed by atoms with Crippen LogP contribution >= 0.6 is 11.3 Å². The fraction of sp³-hybridized carbons (Fsp3) is 0.545. The minimum atomic E-state index is -0.412. The van der Waals surface area contributed by atoms with Gasteiger partial charge in [0.1, 0.15) is 0 Å². The van der Waals surface area contributed by atoms with Crippen molar-refractivity contribution >= 4 is 17.4 Å². The van der Waals surface area contributed by atoms with Crippen LogP contribution in [0.1, 0.15) is 37.0 Å². The van der Waals surface area contributed by atoms with Crippen molar-refractivity contribution in [2.24, 2.45) is 5.73 Å². The van der Waals surface area contributed by atoms with Gasteiger partial charge in [-0.3, -0.25) is 0 Å². The number of thiophene rings is 1. The van der Waals surface area contributed by atoms with Crippen molar-refractivity contribution < 1.29 is 4.79 Å². The lowest BCUT2D eigenvalue weighted by Gasteiger charge is -2.36. The van der Waals surface area contributed by atoms with E-state index in [0.717, 1.165) is 25.7 Å². The number of urea groups is 1. The lowest BCUT2D eigenvalue weighted by atomic mass is 9.80. The molecule has 0 radical (unpaired) electrons. The van der Waals surface area contributed by atoms with Crippen LogP contribution in [-0.2, 0) is 5.54 Å². The number of amides is 2. The molecule has 0 aliphatic heterocycles. The summed E-state index contributed by atoms with van der Waals surface area (Å²) >= 11 is 1.70. The third kappa shape index (κ3) is 2.15. The van der Waals surface area contributed by atoms with Crippen molar-refractivity contribution in [1.29, 1.82) is 0 Å². The molecule has 0 bridgehead atoms. The van der Waals surface area contributed by atoms with Gasteiger partial charge in [0.15, 0.2) is 0 Å². The van der Waals surface area contributed by atoms with E-state index in [-0.39, 0.29) is 5.54 Å². The molecule has 4 heteroatoms. The molecule has 1 fully saturated rings. The number of hydrogen-bond donors (Lipinski definition) is 2. The van der Waals surface area contributed by atoms with E-state index in [4.69, 9.17) is 5.73 Å². The molecular formula is C11H16N2OS. The summed E-state index contributed by atoms with van der Waals surface area (Å²) in [6.07, 6.45) is 5.61. The monoisotopic (exact) mass is 224 g/mol. The van der Waals surface area contributed by atoms with Gasteiger partial charge in [-0.2, -0.15) is 0 Å². The number of primary amides is 1. The summed E-state index contributed by atoms with van der Waals surface area (Å²) in [5.74, 6) is 0. The molecule has 0 saturated heterocycles. The highest BCUT2D eigenvalue weighted by atomic mass is 32.1. The summed E-state index contributed by atoms with van der Waals surface area (Å²) in [6.45, 7) is 0. The van der Waals surface area contributed by atoms with E-state index < -0.39 is 6.03 Å². The largest absolute Gasteiger partial charge is 0.352 e. The number of hydrogen-bond acceptors (Lipinski definition) is 2. The van der Waals surface area contributed by atoms with E-state index in [2.05, 4.69) is 11.4 Å². The van der Waals surface area contributed by atoms with Crippen molar-refractivity contribution in [3.8, 4) is 0 Å². The summed E-state index contributed by atoms with van der Waals surface area (Å²) in [4.78, 5) is 12.3. The zero-order valence-electron chi connectivity index (χ0n) is 8.66. The van der Waals surface area contributed by atoms with Gasteiger partial charge >= 0.3 is 6.03 Å². The summed E-state index contributed by atoms with van der Waals surface area (Å²) in [7, 11) is 0. The molecule has 0 atom stereocenters. The van der Waals surface area contributed by atoms with Gasteiger partial charge in [0.05, 0.1) is 5.54 Å². The van der Waals surface area contributed by atoms with Gasteiger partial charge in [0.2, 0.25) is 0 Å². The Labute approximate surface area is 93.7 Å². The Morgan fingerprint density at radius 1 is 1.40 bits per heavy atom. The number of carbonyl (C=O) groups is 1. The number of rotatable bonds is 2. The van der Waals surface area contributed by atoms with Crippen LogP contribution in [0.5, 0.6) is 0 Å². The van der Waals surface area contributed by atoms with Crippen LogP contribution in [0, 0.1) is 0 Å². The molecule has 15 heavy (non-hydrogen) atoms. The fourth-order valence-electron chi connectivity index (χ4n) is 2.38. The predicted molar refractivity (Wildman–Crippen MR) is 61.8 cm³/mol. The highest BCUT2D eigenvalue weighted by molar-refractivity contribution is 7.10. The molecule has 0 spiro atoms. The first-order valence-electron chi connectivity index (χ1n) is 5.35. The Bertz CT molecular complexity index is 328. The van der Waals surface area contributed by atoms with Crippen LogP contribution in [0.2, 0.25) is 0 Å². The van der Waals surface area contributed by atoms with Crippen LogP contribution < -0.4 is 11.1 Å². The quantitative estimate of drug-likeness (QED) is 0.797. The zero-order chi connectivity index (χ0) is 10.7.